The Morgan fingerprint density at radius 2 is 1.80 bits per heavy atom. The molecule has 15 heavy (non-hydrogen) atoms. The Kier molecular flexibility index (Phi) is 4.63. The van der Waals surface area contributed by atoms with Crippen molar-refractivity contribution < 1.29 is 4.74 Å². The number of hydrogen-bond acceptors (Lipinski definition) is 2. The molecule has 0 aliphatic carbocycles. The zero-order valence-corrected chi connectivity index (χ0v) is 9.86. The first-order chi connectivity index (χ1) is 7.11. The smallest absolute Gasteiger partial charge is 0.119 e. The van der Waals surface area contributed by atoms with Gasteiger partial charge >= 0.3 is 0 Å². The predicted molar refractivity (Wildman–Crippen MR) is 64.1 cm³/mol. The van der Waals surface area contributed by atoms with Crippen LogP contribution in [-0.2, 0) is 0 Å². The highest BCUT2D eigenvalue weighted by atomic mass is 16.5. The summed E-state index contributed by atoms with van der Waals surface area (Å²) in [6.07, 6.45) is 1.14. The highest BCUT2D eigenvalue weighted by Crippen LogP contribution is 2.16. The number of aryl methyl sites for hydroxylation is 1. The van der Waals surface area contributed by atoms with Crippen LogP contribution in [0, 0.1) is 12.8 Å². The van der Waals surface area contributed by atoms with E-state index >= 15 is 0 Å². The summed E-state index contributed by atoms with van der Waals surface area (Å²) in [6, 6.07) is 8.10. The first-order valence-corrected chi connectivity index (χ1v) is 5.55. The van der Waals surface area contributed by atoms with Crippen LogP contribution < -0.4 is 10.5 Å². The minimum atomic E-state index is 0.132. The molecule has 2 N–H and O–H groups in total. The molecule has 1 atom stereocenters. The molecule has 0 aliphatic heterocycles. The summed E-state index contributed by atoms with van der Waals surface area (Å²) in [5.74, 6) is 1.53. The molecule has 0 saturated carbocycles. The Bertz CT molecular complexity index is 279. The highest BCUT2D eigenvalue weighted by molar-refractivity contribution is 5.26. The Balaban J connectivity index is 2.54. The van der Waals surface area contributed by atoms with E-state index < -0.39 is 0 Å². The van der Waals surface area contributed by atoms with E-state index in [4.69, 9.17) is 10.5 Å². The van der Waals surface area contributed by atoms with Gasteiger partial charge in [-0.1, -0.05) is 31.5 Å². The zero-order valence-electron chi connectivity index (χ0n) is 9.86. The van der Waals surface area contributed by atoms with E-state index in [0.717, 1.165) is 12.2 Å². The fraction of sp³-hybridized carbons (Fsp3) is 0.538. The van der Waals surface area contributed by atoms with Crippen molar-refractivity contribution in [3.8, 4) is 5.75 Å². The third-order valence-corrected chi connectivity index (χ3v) is 2.32. The lowest BCUT2D eigenvalue weighted by atomic mass is 10.1. The molecule has 2 nitrogen and oxygen atoms in total. The molecule has 0 fully saturated rings. The van der Waals surface area contributed by atoms with E-state index in [1.165, 1.54) is 5.56 Å². The van der Waals surface area contributed by atoms with Crippen LogP contribution in [0.3, 0.4) is 0 Å². The Hall–Kier alpha value is -1.02. The van der Waals surface area contributed by atoms with Crippen LogP contribution in [-0.4, -0.2) is 12.6 Å². The van der Waals surface area contributed by atoms with Crippen molar-refractivity contribution in [2.75, 3.05) is 6.54 Å². The molecular weight excluding hydrogens is 186 g/mol. The second-order valence-corrected chi connectivity index (χ2v) is 4.42. The molecule has 1 unspecified atom stereocenters. The van der Waals surface area contributed by atoms with E-state index in [1.54, 1.807) is 0 Å². The molecule has 0 heterocycles. The van der Waals surface area contributed by atoms with Crippen LogP contribution in [0.25, 0.3) is 0 Å². The van der Waals surface area contributed by atoms with Gasteiger partial charge in [0.1, 0.15) is 11.9 Å². The molecule has 84 valence electrons. The molecule has 0 aliphatic rings. The topological polar surface area (TPSA) is 35.2 Å². The molecule has 0 aromatic heterocycles. The first kappa shape index (κ1) is 12.1. The van der Waals surface area contributed by atoms with Crippen molar-refractivity contribution in [3.63, 3.8) is 0 Å². The Morgan fingerprint density at radius 3 is 2.27 bits per heavy atom. The zero-order chi connectivity index (χ0) is 11.3. The van der Waals surface area contributed by atoms with Crippen molar-refractivity contribution in [2.24, 2.45) is 11.7 Å². The standard InChI is InChI=1S/C13H21NO/c1-10(2)8-13(9-14)15-12-6-4-11(3)5-7-12/h4-7,10,13H,8-9,14H2,1-3H3. The van der Waals surface area contributed by atoms with Gasteiger partial charge in [0.05, 0.1) is 0 Å². The van der Waals surface area contributed by atoms with Gasteiger partial charge in [0.25, 0.3) is 0 Å². The van der Waals surface area contributed by atoms with Gasteiger partial charge in [-0.2, -0.15) is 0 Å². The second-order valence-electron chi connectivity index (χ2n) is 4.42. The third-order valence-electron chi connectivity index (χ3n) is 2.32. The molecule has 0 saturated heterocycles. The summed E-state index contributed by atoms with van der Waals surface area (Å²) in [6.45, 7) is 7.01. The van der Waals surface area contributed by atoms with Gasteiger partial charge in [0.15, 0.2) is 0 Å². The molecule has 1 aromatic carbocycles. The molecule has 1 aromatic rings. The van der Waals surface area contributed by atoms with Crippen molar-refractivity contribution in [1.82, 2.24) is 0 Å². The van der Waals surface area contributed by atoms with Crippen molar-refractivity contribution in [2.45, 2.75) is 33.3 Å². The predicted octanol–water partition coefficient (Wildman–Crippen LogP) is 2.75. The average Bonchev–Trinajstić information content (AvgIpc) is 2.19. The van der Waals surface area contributed by atoms with E-state index in [2.05, 4.69) is 32.9 Å². The molecule has 0 radical (unpaired) electrons. The average molecular weight is 207 g/mol. The molecule has 0 amide bonds. The first-order valence-electron chi connectivity index (χ1n) is 5.55. The Labute approximate surface area is 92.4 Å². The van der Waals surface area contributed by atoms with Crippen LogP contribution in [0.4, 0.5) is 0 Å². The molecule has 0 spiro atoms. The van der Waals surface area contributed by atoms with Crippen molar-refractivity contribution in [1.29, 1.82) is 0 Å². The number of ether oxygens (including phenoxy) is 1. The normalized spacial score (nSPS) is 12.9. The highest BCUT2D eigenvalue weighted by Gasteiger charge is 2.10. The minimum absolute atomic E-state index is 0.132. The lowest BCUT2D eigenvalue weighted by molar-refractivity contribution is 0.182. The monoisotopic (exact) mass is 207 g/mol. The fourth-order valence-electron chi connectivity index (χ4n) is 1.53. The van der Waals surface area contributed by atoms with Crippen LogP contribution in [0.15, 0.2) is 24.3 Å². The van der Waals surface area contributed by atoms with Gasteiger partial charge < -0.3 is 10.5 Å². The summed E-state index contributed by atoms with van der Waals surface area (Å²) in [4.78, 5) is 0. The second kappa shape index (κ2) is 5.76. The molecule has 1 rings (SSSR count). The lowest BCUT2D eigenvalue weighted by Crippen LogP contribution is -2.28. The third kappa shape index (κ3) is 4.34. The quantitative estimate of drug-likeness (QED) is 0.805. The molecular formula is C13H21NO. The van der Waals surface area contributed by atoms with Gasteiger partial charge in [0, 0.05) is 6.54 Å². The summed E-state index contributed by atoms with van der Waals surface area (Å²) >= 11 is 0. The van der Waals surface area contributed by atoms with E-state index in [0.29, 0.717) is 12.5 Å². The number of benzene rings is 1. The van der Waals surface area contributed by atoms with E-state index in [1.807, 2.05) is 12.1 Å². The van der Waals surface area contributed by atoms with Crippen molar-refractivity contribution in [3.05, 3.63) is 29.8 Å². The van der Waals surface area contributed by atoms with Gasteiger partial charge in [0.2, 0.25) is 0 Å². The molecule has 0 bridgehead atoms. The van der Waals surface area contributed by atoms with Crippen LogP contribution in [0.5, 0.6) is 5.75 Å². The largest absolute Gasteiger partial charge is 0.489 e. The lowest BCUT2D eigenvalue weighted by Gasteiger charge is -2.19. The van der Waals surface area contributed by atoms with Crippen LogP contribution in [0.2, 0.25) is 0 Å². The summed E-state index contributed by atoms with van der Waals surface area (Å²) in [5, 5.41) is 0. The summed E-state index contributed by atoms with van der Waals surface area (Å²) in [5.41, 5.74) is 6.92. The fourth-order valence-corrected chi connectivity index (χ4v) is 1.53. The van der Waals surface area contributed by atoms with Crippen LogP contribution in [0.1, 0.15) is 25.8 Å². The summed E-state index contributed by atoms with van der Waals surface area (Å²) in [7, 11) is 0. The van der Waals surface area contributed by atoms with Gasteiger partial charge in [-0.05, 0) is 31.4 Å². The molecule has 2 heteroatoms. The summed E-state index contributed by atoms with van der Waals surface area (Å²) < 4.78 is 5.80. The SMILES string of the molecule is Cc1ccc(OC(CN)CC(C)C)cc1. The van der Waals surface area contributed by atoms with E-state index in [9.17, 15) is 0 Å². The maximum absolute atomic E-state index is 5.80. The van der Waals surface area contributed by atoms with Crippen LogP contribution >= 0.6 is 0 Å². The van der Waals surface area contributed by atoms with E-state index in [-0.39, 0.29) is 6.10 Å². The van der Waals surface area contributed by atoms with Gasteiger partial charge in [-0.3, -0.25) is 0 Å². The van der Waals surface area contributed by atoms with Crippen molar-refractivity contribution >= 4 is 0 Å². The van der Waals surface area contributed by atoms with Gasteiger partial charge in [-0.15, -0.1) is 0 Å². The minimum Gasteiger partial charge on any atom is -0.489 e. The number of rotatable bonds is 5. The number of nitrogens with two attached hydrogens (primary N) is 1. The Morgan fingerprint density at radius 1 is 1.20 bits per heavy atom. The maximum Gasteiger partial charge on any atom is 0.119 e. The van der Waals surface area contributed by atoms with Gasteiger partial charge in [-0.25, -0.2) is 0 Å². The maximum atomic E-state index is 5.80. The number of hydrogen-bond donors (Lipinski definition) is 1.